The van der Waals surface area contributed by atoms with Gasteiger partial charge in [0.15, 0.2) is 0 Å². The summed E-state index contributed by atoms with van der Waals surface area (Å²) < 4.78 is 9.78. The number of carbonyl (C=O) groups is 1. The second-order valence-corrected chi connectivity index (χ2v) is 6.03. The number of methoxy groups -OCH3 is 1. The number of ether oxygens (including phenoxy) is 1. The van der Waals surface area contributed by atoms with Crippen LogP contribution in [-0.2, 0) is 14.2 Å². The molecule has 0 bridgehead atoms. The number of esters is 1. The van der Waals surface area contributed by atoms with E-state index in [2.05, 4.69) is 17.4 Å². The molecular weight excluding hydrogens is 249 g/mol. The molecule has 0 saturated carbocycles. The van der Waals surface area contributed by atoms with Crippen LogP contribution in [0.2, 0.25) is 0 Å². The molecule has 0 atom stereocenters. The Labute approximate surface area is 115 Å². The fourth-order valence-electron chi connectivity index (χ4n) is 0.846. The molecule has 0 aromatic heterocycles. The zero-order chi connectivity index (χ0) is 14.6. The summed E-state index contributed by atoms with van der Waals surface area (Å²) in [6.07, 6.45) is 1.63. The van der Waals surface area contributed by atoms with Gasteiger partial charge in [-0.15, -0.1) is 0 Å². The van der Waals surface area contributed by atoms with Crippen molar-refractivity contribution in [3.05, 3.63) is 11.5 Å². The minimum absolute atomic E-state index is 0.229. The first-order chi connectivity index (χ1) is 8.06. The van der Waals surface area contributed by atoms with Crippen LogP contribution in [0.4, 0.5) is 0 Å². The Morgan fingerprint density at radius 1 is 1.33 bits per heavy atom. The number of hydrogen-bond acceptors (Lipinski definition) is 5. The van der Waals surface area contributed by atoms with Gasteiger partial charge in [-0.25, -0.2) is 4.79 Å². The van der Waals surface area contributed by atoms with Crippen molar-refractivity contribution in [1.82, 2.24) is 0 Å². The highest BCUT2D eigenvalue weighted by Crippen LogP contribution is 2.30. The van der Waals surface area contributed by atoms with Crippen LogP contribution in [0.1, 0.15) is 34.6 Å². The van der Waals surface area contributed by atoms with Gasteiger partial charge in [-0.2, -0.15) is 12.6 Å². The maximum atomic E-state index is 11.3. The quantitative estimate of drug-likeness (QED) is 0.337. The van der Waals surface area contributed by atoms with Crippen molar-refractivity contribution in [2.24, 2.45) is 0 Å². The van der Waals surface area contributed by atoms with E-state index in [4.69, 9.17) is 10.1 Å². The molecular formula is C12H21BNO3S. The topological polar surface area (TPSA) is 59.4 Å². The van der Waals surface area contributed by atoms with Gasteiger partial charge >= 0.3 is 13.5 Å². The molecule has 6 heteroatoms. The summed E-state index contributed by atoms with van der Waals surface area (Å²) in [4.78, 5) is 11.3. The summed E-state index contributed by atoms with van der Waals surface area (Å²) in [7, 11) is 2.64. The SMILES string of the molecule is C/C=C(/[B]OC(C)(C)C(C)(C)S)C(=N)C(=O)OC. The van der Waals surface area contributed by atoms with Crippen molar-refractivity contribution >= 4 is 31.8 Å². The number of carbonyl (C=O) groups excluding carboxylic acids is 1. The van der Waals surface area contributed by atoms with E-state index in [1.807, 2.05) is 27.7 Å². The molecule has 4 nitrogen and oxygen atoms in total. The summed E-state index contributed by atoms with van der Waals surface area (Å²) >= 11 is 4.47. The van der Waals surface area contributed by atoms with Crippen LogP contribution in [0, 0.1) is 5.41 Å². The number of allylic oxidation sites excluding steroid dienone is 1. The van der Waals surface area contributed by atoms with E-state index < -0.39 is 11.6 Å². The molecule has 0 rings (SSSR count). The predicted molar refractivity (Wildman–Crippen MR) is 77.5 cm³/mol. The van der Waals surface area contributed by atoms with Crippen LogP contribution in [-0.4, -0.2) is 36.6 Å². The molecule has 0 aliphatic heterocycles. The molecule has 1 radical (unpaired) electrons. The molecule has 0 aromatic carbocycles. The lowest BCUT2D eigenvalue weighted by Gasteiger charge is -2.38. The summed E-state index contributed by atoms with van der Waals surface area (Å²) in [5.74, 6) is -0.689. The van der Waals surface area contributed by atoms with E-state index in [1.54, 1.807) is 13.0 Å². The molecule has 0 saturated heterocycles. The minimum Gasteiger partial charge on any atom is -0.464 e. The van der Waals surface area contributed by atoms with Crippen LogP contribution < -0.4 is 0 Å². The molecule has 0 fully saturated rings. The Kier molecular flexibility index (Phi) is 6.16. The Balaban J connectivity index is 4.71. The van der Waals surface area contributed by atoms with E-state index in [0.717, 1.165) is 0 Å². The highest BCUT2D eigenvalue weighted by molar-refractivity contribution is 7.81. The van der Waals surface area contributed by atoms with Crippen molar-refractivity contribution in [1.29, 1.82) is 5.41 Å². The smallest absolute Gasteiger partial charge is 0.355 e. The molecule has 0 heterocycles. The van der Waals surface area contributed by atoms with E-state index in [0.29, 0.717) is 5.47 Å². The van der Waals surface area contributed by atoms with Crippen molar-refractivity contribution in [2.75, 3.05) is 7.11 Å². The Morgan fingerprint density at radius 2 is 1.83 bits per heavy atom. The van der Waals surface area contributed by atoms with Gasteiger partial charge in [0.1, 0.15) is 5.71 Å². The van der Waals surface area contributed by atoms with Crippen molar-refractivity contribution < 1.29 is 14.2 Å². The maximum absolute atomic E-state index is 11.3. The van der Waals surface area contributed by atoms with Crippen LogP contribution in [0.15, 0.2) is 11.5 Å². The van der Waals surface area contributed by atoms with Gasteiger partial charge in [0, 0.05) is 4.75 Å². The molecule has 0 aliphatic carbocycles. The highest BCUT2D eigenvalue weighted by atomic mass is 32.1. The van der Waals surface area contributed by atoms with Crippen LogP contribution in [0.25, 0.3) is 0 Å². The van der Waals surface area contributed by atoms with Crippen molar-refractivity contribution in [3.8, 4) is 0 Å². The lowest BCUT2D eigenvalue weighted by atomic mass is 9.80. The van der Waals surface area contributed by atoms with E-state index in [-0.39, 0.29) is 10.5 Å². The van der Waals surface area contributed by atoms with Crippen LogP contribution in [0.5, 0.6) is 0 Å². The Morgan fingerprint density at radius 3 is 2.17 bits per heavy atom. The molecule has 1 N–H and O–H groups in total. The van der Waals surface area contributed by atoms with Crippen LogP contribution >= 0.6 is 12.6 Å². The molecule has 0 unspecified atom stereocenters. The zero-order valence-corrected chi connectivity index (χ0v) is 12.7. The predicted octanol–water partition coefficient (Wildman–Crippen LogP) is 2.21. The van der Waals surface area contributed by atoms with Gasteiger partial charge in [-0.05, 0) is 40.1 Å². The third kappa shape index (κ3) is 4.50. The lowest BCUT2D eigenvalue weighted by molar-refractivity contribution is -0.132. The van der Waals surface area contributed by atoms with Gasteiger partial charge in [0.05, 0.1) is 12.7 Å². The zero-order valence-electron chi connectivity index (χ0n) is 11.8. The van der Waals surface area contributed by atoms with E-state index in [9.17, 15) is 4.79 Å². The summed E-state index contributed by atoms with van der Waals surface area (Å²) in [5.41, 5.74) is -0.388. The normalized spacial score (nSPS) is 13.2. The second kappa shape index (κ2) is 6.43. The summed E-state index contributed by atoms with van der Waals surface area (Å²) in [6.45, 7) is 9.39. The molecule has 0 amide bonds. The molecule has 0 aliphatic rings. The first-order valence-electron chi connectivity index (χ1n) is 5.63. The second-order valence-electron chi connectivity index (χ2n) is 4.92. The van der Waals surface area contributed by atoms with Gasteiger partial charge < -0.3 is 9.39 Å². The highest BCUT2D eigenvalue weighted by Gasteiger charge is 2.35. The van der Waals surface area contributed by atoms with Gasteiger partial charge in [-0.3, -0.25) is 5.41 Å². The Bertz CT molecular complexity index is 359. The Hall–Kier alpha value is -0.745. The van der Waals surface area contributed by atoms with Gasteiger partial charge in [0.2, 0.25) is 0 Å². The third-order valence-corrected chi connectivity index (χ3v) is 3.48. The molecule has 0 aromatic rings. The third-order valence-electron chi connectivity index (χ3n) is 2.94. The summed E-state index contributed by atoms with van der Waals surface area (Å²) in [6, 6.07) is 0. The molecule has 101 valence electrons. The molecule has 0 spiro atoms. The van der Waals surface area contributed by atoms with Crippen molar-refractivity contribution in [2.45, 2.75) is 45.0 Å². The minimum atomic E-state index is -0.689. The summed E-state index contributed by atoms with van der Waals surface area (Å²) in [5, 5.41) is 7.64. The standard InChI is InChI=1S/C12H21BNO3S/c1-7-8(9(14)10(15)16-6)13-17-11(2,3)12(4,5)18/h7,14,18H,1-6H3/b8-7+,14-9?. The van der Waals surface area contributed by atoms with Crippen LogP contribution in [0.3, 0.4) is 0 Å². The number of thiol groups is 1. The maximum Gasteiger partial charge on any atom is 0.355 e. The van der Waals surface area contributed by atoms with E-state index in [1.165, 1.54) is 14.6 Å². The van der Waals surface area contributed by atoms with Gasteiger partial charge in [-0.1, -0.05) is 6.08 Å². The lowest BCUT2D eigenvalue weighted by Crippen LogP contribution is -2.44. The largest absolute Gasteiger partial charge is 0.464 e. The first-order valence-corrected chi connectivity index (χ1v) is 6.08. The fraction of sp³-hybridized carbons (Fsp3) is 0.667. The number of nitrogens with one attached hydrogen (secondary N) is 1. The fourth-order valence-corrected chi connectivity index (χ4v) is 0.899. The monoisotopic (exact) mass is 270 g/mol. The number of rotatable bonds is 6. The number of hydrogen-bond donors (Lipinski definition) is 2. The first kappa shape index (κ1) is 17.3. The average Bonchev–Trinajstić information content (AvgIpc) is 2.26. The molecule has 18 heavy (non-hydrogen) atoms. The van der Waals surface area contributed by atoms with E-state index >= 15 is 0 Å². The van der Waals surface area contributed by atoms with Gasteiger partial charge in [0.25, 0.3) is 0 Å². The average molecular weight is 270 g/mol. The van der Waals surface area contributed by atoms with Crippen molar-refractivity contribution in [3.63, 3.8) is 0 Å².